The number of nitrogens with two attached hydrogens (primary N) is 1. The van der Waals surface area contributed by atoms with Crippen molar-refractivity contribution in [2.45, 2.75) is 27.2 Å². The van der Waals surface area contributed by atoms with E-state index in [1.54, 1.807) is 7.05 Å². The van der Waals surface area contributed by atoms with Gasteiger partial charge >= 0.3 is 0 Å². The van der Waals surface area contributed by atoms with E-state index < -0.39 is 5.91 Å². The maximum atomic E-state index is 11.1. The molecule has 18 heavy (non-hydrogen) atoms. The lowest BCUT2D eigenvalue weighted by molar-refractivity contribution is 0.0990. The molecule has 1 aromatic rings. The molecule has 1 amide bonds. The standard InChI is InChI=1S/C10H15N5O.C2H6/c1-6-8(12-2)13-9(7(11)16)14-10(6)15-4-3-5-15;1-2/h3-5H2,1-2H3,(H2,11,16)(H,12,13,14);1-2H3. The van der Waals surface area contributed by atoms with Crippen molar-refractivity contribution in [3.05, 3.63) is 11.4 Å². The highest BCUT2D eigenvalue weighted by Crippen LogP contribution is 2.26. The van der Waals surface area contributed by atoms with Gasteiger partial charge < -0.3 is 16.0 Å². The second-order valence-corrected chi connectivity index (χ2v) is 3.80. The molecule has 1 saturated heterocycles. The van der Waals surface area contributed by atoms with Crippen molar-refractivity contribution in [1.29, 1.82) is 0 Å². The predicted octanol–water partition coefficient (Wildman–Crippen LogP) is 1.16. The Balaban J connectivity index is 0.000000771. The van der Waals surface area contributed by atoms with Crippen LogP contribution in [0.1, 0.15) is 36.5 Å². The third-order valence-electron chi connectivity index (χ3n) is 2.73. The summed E-state index contributed by atoms with van der Waals surface area (Å²) in [4.78, 5) is 21.5. The average molecular weight is 251 g/mol. The largest absolute Gasteiger partial charge is 0.373 e. The highest BCUT2D eigenvalue weighted by molar-refractivity contribution is 5.90. The summed E-state index contributed by atoms with van der Waals surface area (Å²) in [5.41, 5.74) is 6.16. The van der Waals surface area contributed by atoms with Gasteiger partial charge in [0.05, 0.1) is 0 Å². The zero-order valence-corrected chi connectivity index (χ0v) is 11.4. The zero-order valence-electron chi connectivity index (χ0n) is 11.4. The molecule has 2 heterocycles. The Morgan fingerprint density at radius 2 is 1.94 bits per heavy atom. The molecule has 0 radical (unpaired) electrons. The fourth-order valence-electron chi connectivity index (χ4n) is 1.69. The minimum atomic E-state index is -0.599. The quantitative estimate of drug-likeness (QED) is 0.842. The van der Waals surface area contributed by atoms with E-state index >= 15 is 0 Å². The molecule has 6 nitrogen and oxygen atoms in total. The number of hydrogen-bond donors (Lipinski definition) is 2. The van der Waals surface area contributed by atoms with Crippen LogP contribution in [0.3, 0.4) is 0 Å². The molecular formula is C12H21N5O. The number of carbonyl (C=O) groups is 1. The number of hydrogen-bond acceptors (Lipinski definition) is 5. The first-order valence-electron chi connectivity index (χ1n) is 6.24. The summed E-state index contributed by atoms with van der Waals surface area (Å²) in [5.74, 6) is 0.931. The maximum Gasteiger partial charge on any atom is 0.286 e. The Bertz CT molecular complexity index is 429. The molecule has 0 spiro atoms. The summed E-state index contributed by atoms with van der Waals surface area (Å²) in [5, 5.41) is 2.95. The Hall–Kier alpha value is -1.85. The molecule has 1 aromatic heterocycles. The van der Waals surface area contributed by atoms with E-state index in [2.05, 4.69) is 20.2 Å². The summed E-state index contributed by atoms with van der Waals surface area (Å²) in [6.45, 7) is 7.88. The summed E-state index contributed by atoms with van der Waals surface area (Å²) < 4.78 is 0. The first-order valence-corrected chi connectivity index (χ1v) is 6.24. The first kappa shape index (κ1) is 14.2. The van der Waals surface area contributed by atoms with Gasteiger partial charge in [0, 0.05) is 25.7 Å². The van der Waals surface area contributed by atoms with Gasteiger partial charge in [-0.05, 0) is 13.3 Å². The molecule has 0 aromatic carbocycles. The van der Waals surface area contributed by atoms with Crippen LogP contribution in [0.5, 0.6) is 0 Å². The number of carbonyl (C=O) groups excluding carboxylic acids is 1. The third-order valence-corrected chi connectivity index (χ3v) is 2.73. The lowest BCUT2D eigenvalue weighted by Gasteiger charge is -2.33. The summed E-state index contributed by atoms with van der Waals surface area (Å²) in [6.07, 6.45) is 1.16. The van der Waals surface area contributed by atoms with Crippen molar-refractivity contribution in [3.63, 3.8) is 0 Å². The van der Waals surface area contributed by atoms with E-state index in [0.29, 0.717) is 5.82 Å². The molecule has 1 fully saturated rings. The van der Waals surface area contributed by atoms with Crippen LogP contribution >= 0.6 is 0 Å². The molecule has 0 aliphatic carbocycles. The van der Waals surface area contributed by atoms with Crippen LogP contribution in [0.2, 0.25) is 0 Å². The SMILES string of the molecule is CC.CNc1nc(C(N)=O)nc(N2CCC2)c1C. The second-order valence-electron chi connectivity index (χ2n) is 3.80. The van der Waals surface area contributed by atoms with Crippen molar-refractivity contribution in [1.82, 2.24) is 9.97 Å². The molecule has 0 bridgehead atoms. The van der Waals surface area contributed by atoms with Crippen LogP contribution in [-0.4, -0.2) is 36.0 Å². The second kappa shape index (κ2) is 6.18. The average Bonchev–Trinajstić information content (AvgIpc) is 2.31. The van der Waals surface area contributed by atoms with Crippen molar-refractivity contribution in [3.8, 4) is 0 Å². The van der Waals surface area contributed by atoms with E-state index in [4.69, 9.17) is 5.73 Å². The topological polar surface area (TPSA) is 84.1 Å². The van der Waals surface area contributed by atoms with Gasteiger partial charge in [0.1, 0.15) is 11.6 Å². The summed E-state index contributed by atoms with van der Waals surface area (Å²) in [7, 11) is 1.76. The van der Waals surface area contributed by atoms with Crippen LogP contribution in [0.15, 0.2) is 0 Å². The van der Waals surface area contributed by atoms with E-state index in [1.807, 2.05) is 20.8 Å². The minimum absolute atomic E-state index is 0.0665. The van der Waals surface area contributed by atoms with Gasteiger partial charge in [0.25, 0.3) is 5.91 Å². The van der Waals surface area contributed by atoms with Gasteiger partial charge in [0.15, 0.2) is 0 Å². The Labute approximate surface area is 108 Å². The van der Waals surface area contributed by atoms with Crippen LogP contribution in [-0.2, 0) is 0 Å². The highest BCUT2D eigenvalue weighted by atomic mass is 16.1. The number of nitrogens with one attached hydrogen (secondary N) is 1. The van der Waals surface area contributed by atoms with Gasteiger partial charge in [-0.15, -0.1) is 0 Å². The predicted molar refractivity (Wildman–Crippen MR) is 73.0 cm³/mol. The fraction of sp³-hybridized carbons (Fsp3) is 0.583. The first-order chi connectivity index (χ1) is 8.63. The summed E-state index contributed by atoms with van der Waals surface area (Å²) >= 11 is 0. The molecule has 6 heteroatoms. The molecule has 0 unspecified atom stereocenters. The third kappa shape index (κ3) is 2.69. The van der Waals surface area contributed by atoms with Crippen LogP contribution in [0.25, 0.3) is 0 Å². The molecular weight excluding hydrogens is 230 g/mol. The Morgan fingerprint density at radius 1 is 1.33 bits per heavy atom. The van der Waals surface area contributed by atoms with Gasteiger partial charge in [-0.1, -0.05) is 13.8 Å². The zero-order chi connectivity index (χ0) is 13.7. The van der Waals surface area contributed by atoms with E-state index in [1.165, 1.54) is 0 Å². The lowest BCUT2D eigenvalue weighted by Crippen LogP contribution is -2.38. The van der Waals surface area contributed by atoms with Gasteiger partial charge in [-0.25, -0.2) is 9.97 Å². The van der Waals surface area contributed by atoms with Crippen LogP contribution in [0, 0.1) is 6.92 Å². The van der Waals surface area contributed by atoms with Crippen molar-refractivity contribution < 1.29 is 4.79 Å². The monoisotopic (exact) mass is 251 g/mol. The van der Waals surface area contributed by atoms with E-state index in [-0.39, 0.29) is 5.82 Å². The molecule has 1 aliphatic rings. The molecule has 0 atom stereocenters. The number of rotatable bonds is 3. The fourth-order valence-corrected chi connectivity index (χ4v) is 1.69. The number of anilines is 2. The van der Waals surface area contributed by atoms with E-state index in [9.17, 15) is 4.79 Å². The number of nitrogens with zero attached hydrogens (tertiary/aromatic N) is 3. The molecule has 2 rings (SSSR count). The Kier molecular flexibility index (Phi) is 4.88. The molecule has 100 valence electrons. The molecule has 1 aliphatic heterocycles. The normalized spacial score (nSPS) is 13.2. The molecule has 3 N–H and O–H groups in total. The van der Waals surface area contributed by atoms with Gasteiger partial charge in [-0.2, -0.15) is 0 Å². The van der Waals surface area contributed by atoms with Crippen molar-refractivity contribution >= 4 is 17.5 Å². The highest BCUT2D eigenvalue weighted by Gasteiger charge is 2.22. The summed E-state index contributed by atoms with van der Waals surface area (Å²) in [6, 6.07) is 0. The van der Waals surface area contributed by atoms with E-state index in [0.717, 1.165) is 30.9 Å². The van der Waals surface area contributed by atoms with Crippen molar-refractivity contribution in [2.75, 3.05) is 30.4 Å². The Morgan fingerprint density at radius 3 is 2.33 bits per heavy atom. The van der Waals surface area contributed by atoms with Crippen molar-refractivity contribution in [2.24, 2.45) is 5.73 Å². The maximum absolute atomic E-state index is 11.1. The number of primary amides is 1. The van der Waals surface area contributed by atoms with Crippen LogP contribution in [0.4, 0.5) is 11.6 Å². The number of aromatic nitrogens is 2. The molecule has 0 saturated carbocycles. The van der Waals surface area contributed by atoms with Gasteiger partial charge in [-0.3, -0.25) is 4.79 Å². The van der Waals surface area contributed by atoms with Crippen LogP contribution < -0.4 is 16.0 Å². The smallest absolute Gasteiger partial charge is 0.286 e. The minimum Gasteiger partial charge on any atom is -0.373 e. The number of amides is 1. The lowest BCUT2D eigenvalue weighted by atomic mass is 10.2. The van der Waals surface area contributed by atoms with Gasteiger partial charge in [0.2, 0.25) is 5.82 Å².